The maximum absolute atomic E-state index is 10.8. The molecule has 0 bridgehead atoms. The zero-order valence-corrected chi connectivity index (χ0v) is 9.56. The lowest BCUT2D eigenvalue weighted by molar-refractivity contribution is -0.139. The Morgan fingerprint density at radius 1 is 1.57 bits per heavy atom. The van der Waals surface area contributed by atoms with Crippen LogP contribution in [-0.2, 0) is 11.3 Å². The third-order valence-electron chi connectivity index (χ3n) is 2.16. The molecule has 1 atom stereocenters. The minimum Gasteiger partial charge on any atom is -0.480 e. The fraction of sp³-hybridized carbons (Fsp3) is 0.222. The van der Waals surface area contributed by atoms with Crippen LogP contribution in [-0.4, -0.2) is 11.1 Å². The molecule has 3 nitrogen and oxygen atoms in total. The van der Waals surface area contributed by atoms with Crippen molar-refractivity contribution in [1.29, 1.82) is 0 Å². The van der Waals surface area contributed by atoms with Gasteiger partial charge in [-0.05, 0) is 23.3 Å². The van der Waals surface area contributed by atoms with E-state index >= 15 is 0 Å². The summed E-state index contributed by atoms with van der Waals surface area (Å²) in [6.45, 7) is 0.631. The van der Waals surface area contributed by atoms with Crippen LogP contribution in [0.4, 0.5) is 0 Å². The average Bonchev–Trinajstić information content (AvgIpc) is 2.46. The van der Waals surface area contributed by atoms with Crippen LogP contribution in [0.15, 0.2) is 22.7 Å². The minimum atomic E-state index is -0.818. The minimum absolute atomic E-state index is 0. The predicted molar refractivity (Wildman–Crippen MR) is 58.6 cm³/mol. The second-order valence-electron chi connectivity index (χ2n) is 3.00. The van der Waals surface area contributed by atoms with Gasteiger partial charge in [0.25, 0.3) is 0 Å². The molecule has 0 saturated carbocycles. The summed E-state index contributed by atoms with van der Waals surface area (Å²) in [4.78, 5) is 10.8. The maximum atomic E-state index is 10.8. The molecule has 1 aromatic carbocycles. The van der Waals surface area contributed by atoms with Crippen molar-refractivity contribution in [3.63, 3.8) is 0 Å². The van der Waals surface area contributed by atoms with Gasteiger partial charge in [0.2, 0.25) is 0 Å². The van der Waals surface area contributed by atoms with Gasteiger partial charge >= 0.3 is 5.97 Å². The van der Waals surface area contributed by atoms with Crippen molar-refractivity contribution in [3.8, 4) is 0 Å². The number of rotatable bonds is 1. The fourth-order valence-corrected chi connectivity index (χ4v) is 1.96. The molecule has 1 aliphatic rings. The van der Waals surface area contributed by atoms with Crippen LogP contribution in [0.25, 0.3) is 0 Å². The van der Waals surface area contributed by atoms with Crippen molar-refractivity contribution >= 4 is 34.3 Å². The van der Waals surface area contributed by atoms with Crippen LogP contribution in [0, 0.1) is 0 Å². The smallest absolute Gasteiger partial charge is 0.325 e. The van der Waals surface area contributed by atoms with E-state index in [1.807, 2.05) is 18.2 Å². The van der Waals surface area contributed by atoms with Gasteiger partial charge in [-0.1, -0.05) is 22.0 Å². The number of hydrogen-bond donors (Lipinski definition) is 2. The van der Waals surface area contributed by atoms with Crippen molar-refractivity contribution in [2.24, 2.45) is 0 Å². The third kappa shape index (κ3) is 1.92. The number of benzene rings is 1. The number of carboxylic acids is 1. The van der Waals surface area contributed by atoms with Gasteiger partial charge in [-0.15, -0.1) is 12.4 Å². The van der Waals surface area contributed by atoms with E-state index in [2.05, 4.69) is 21.2 Å². The second kappa shape index (κ2) is 4.29. The molecule has 1 unspecified atom stereocenters. The lowest BCUT2D eigenvalue weighted by atomic mass is 10.1. The second-order valence-corrected chi connectivity index (χ2v) is 3.91. The molecule has 0 aromatic heterocycles. The maximum Gasteiger partial charge on any atom is 0.325 e. The van der Waals surface area contributed by atoms with Crippen LogP contribution in [0.3, 0.4) is 0 Å². The molecular weight excluding hydrogens is 269 g/mol. The SMILES string of the molecule is Cl.O=C(O)C1NCc2cc(Br)ccc21. The van der Waals surface area contributed by atoms with E-state index in [4.69, 9.17) is 5.11 Å². The highest BCUT2D eigenvalue weighted by atomic mass is 79.9. The molecule has 1 aromatic rings. The molecule has 1 heterocycles. The normalized spacial score (nSPS) is 18.5. The number of carboxylic acid groups (broad SMARTS) is 1. The molecule has 2 N–H and O–H groups in total. The highest BCUT2D eigenvalue weighted by Gasteiger charge is 2.27. The van der Waals surface area contributed by atoms with Crippen molar-refractivity contribution in [2.45, 2.75) is 12.6 Å². The molecule has 1 aliphatic heterocycles. The van der Waals surface area contributed by atoms with Gasteiger partial charge in [0, 0.05) is 11.0 Å². The Bertz CT molecular complexity index is 370. The lowest BCUT2D eigenvalue weighted by Gasteiger charge is -2.04. The van der Waals surface area contributed by atoms with Gasteiger partial charge in [-0.2, -0.15) is 0 Å². The summed E-state index contributed by atoms with van der Waals surface area (Å²) in [7, 11) is 0. The molecule has 2 rings (SSSR count). The standard InChI is InChI=1S/C9H8BrNO2.ClH/c10-6-1-2-7-5(3-6)4-11-8(7)9(12)13;/h1-3,8,11H,4H2,(H,12,13);1H. The first kappa shape index (κ1) is 11.5. The van der Waals surface area contributed by atoms with Gasteiger partial charge in [-0.3, -0.25) is 10.1 Å². The van der Waals surface area contributed by atoms with Crippen LogP contribution in [0.5, 0.6) is 0 Å². The van der Waals surface area contributed by atoms with Crippen molar-refractivity contribution < 1.29 is 9.90 Å². The van der Waals surface area contributed by atoms with E-state index in [-0.39, 0.29) is 12.4 Å². The summed E-state index contributed by atoms with van der Waals surface area (Å²) in [6, 6.07) is 5.12. The first-order valence-electron chi connectivity index (χ1n) is 3.93. The fourth-order valence-electron chi connectivity index (χ4n) is 1.55. The largest absolute Gasteiger partial charge is 0.480 e. The first-order valence-corrected chi connectivity index (χ1v) is 4.72. The highest BCUT2D eigenvalue weighted by molar-refractivity contribution is 9.10. The van der Waals surface area contributed by atoms with Gasteiger partial charge in [0.1, 0.15) is 6.04 Å². The van der Waals surface area contributed by atoms with E-state index in [0.29, 0.717) is 6.54 Å². The zero-order chi connectivity index (χ0) is 9.42. The number of halogens is 2. The molecular formula is C9H9BrClNO2. The summed E-state index contributed by atoms with van der Waals surface area (Å²) in [6.07, 6.45) is 0. The van der Waals surface area contributed by atoms with Gasteiger partial charge in [-0.25, -0.2) is 0 Å². The van der Waals surface area contributed by atoms with Crippen LogP contribution < -0.4 is 5.32 Å². The first-order chi connectivity index (χ1) is 6.18. The monoisotopic (exact) mass is 277 g/mol. The summed E-state index contributed by atoms with van der Waals surface area (Å²) >= 11 is 3.35. The number of carbonyl (C=O) groups is 1. The van der Waals surface area contributed by atoms with Crippen molar-refractivity contribution in [1.82, 2.24) is 5.32 Å². The Kier molecular flexibility index (Phi) is 3.53. The third-order valence-corrected chi connectivity index (χ3v) is 2.65. The van der Waals surface area contributed by atoms with Crippen LogP contribution in [0.2, 0.25) is 0 Å². The predicted octanol–water partition coefficient (Wildman–Crippen LogP) is 2.10. The molecule has 76 valence electrons. The van der Waals surface area contributed by atoms with E-state index in [9.17, 15) is 4.79 Å². The van der Waals surface area contributed by atoms with E-state index in [1.54, 1.807) is 0 Å². The number of hydrogen-bond acceptors (Lipinski definition) is 2. The van der Waals surface area contributed by atoms with Crippen molar-refractivity contribution in [2.75, 3.05) is 0 Å². The van der Waals surface area contributed by atoms with Gasteiger partial charge in [0.15, 0.2) is 0 Å². The summed E-state index contributed by atoms with van der Waals surface area (Å²) < 4.78 is 0.985. The molecule has 0 spiro atoms. The average molecular weight is 279 g/mol. The molecule has 5 heteroatoms. The molecule has 0 radical (unpaired) electrons. The molecule has 0 saturated heterocycles. The zero-order valence-electron chi connectivity index (χ0n) is 7.16. The molecule has 0 fully saturated rings. The Morgan fingerprint density at radius 2 is 2.29 bits per heavy atom. The number of fused-ring (bicyclic) bond motifs is 1. The van der Waals surface area contributed by atoms with Gasteiger partial charge < -0.3 is 5.11 Å². The Hall–Kier alpha value is -0.580. The van der Waals surface area contributed by atoms with E-state index in [0.717, 1.165) is 15.6 Å². The van der Waals surface area contributed by atoms with E-state index < -0.39 is 12.0 Å². The lowest BCUT2D eigenvalue weighted by Crippen LogP contribution is -2.21. The summed E-state index contributed by atoms with van der Waals surface area (Å²) in [5.41, 5.74) is 1.93. The number of nitrogens with one attached hydrogen (secondary N) is 1. The highest BCUT2D eigenvalue weighted by Crippen LogP contribution is 2.27. The van der Waals surface area contributed by atoms with Crippen LogP contribution in [0.1, 0.15) is 17.2 Å². The Balaban J connectivity index is 0.000000980. The van der Waals surface area contributed by atoms with Gasteiger partial charge in [0.05, 0.1) is 0 Å². The molecule has 0 aliphatic carbocycles. The topological polar surface area (TPSA) is 49.3 Å². The van der Waals surface area contributed by atoms with Crippen LogP contribution >= 0.6 is 28.3 Å². The van der Waals surface area contributed by atoms with Crippen molar-refractivity contribution in [3.05, 3.63) is 33.8 Å². The molecule has 14 heavy (non-hydrogen) atoms. The number of aliphatic carboxylic acids is 1. The summed E-state index contributed by atoms with van der Waals surface area (Å²) in [5, 5.41) is 11.8. The Labute approximate surface area is 96.0 Å². The quantitative estimate of drug-likeness (QED) is 0.827. The van der Waals surface area contributed by atoms with E-state index in [1.165, 1.54) is 0 Å². The Morgan fingerprint density at radius 3 is 2.93 bits per heavy atom. The molecule has 0 amide bonds. The summed E-state index contributed by atoms with van der Waals surface area (Å²) in [5.74, 6) is -0.818.